The van der Waals surface area contributed by atoms with Crippen molar-refractivity contribution in [3.05, 3.63) is 53.1 Å². The molecule has 3 rings (SSSR count). The molecule has 0 fully saturated rings. The summed E-state index contributed by atoms with van der Waals surface area (Å²) in [5, 5.41) is 6.42. The lowest BCUT2D eigenvalue weighted by molar-refractivity contribution is 0.102. The van der Waals surface area contributed by atoms with Crippen LogP contribution in [0.5, 0.6) is 5.75 Å². The Morgan fingerprint density at radius 2 is 1.85 bits per heavy atom. The van der Waals surface area contributed by atoms with Gasteiger partial charge in [0.1, 0.15) is 5.75 Å². The van der Waals surface area contributed by atoms with Crippen molar-refractivity contribution >= 4 is 17.3 Å². The summed E-state index contributed by atoms with van der Waals surface area (Å²) in [5.74, 6) is 0.458. The average molecular weight is 352 g/mol. The number of anilines is 2. The average Bonchev–Trinajstić information content (AvgIpc) is 2.84. The molecule has 26 heavy (non-hydrogen) atoms. The second kappa shape index (κ2) is 7.40. The van der Waals surface area contributed by atoms with Gasteiger partial charge in [0.05, 0.1) is 12.7 Å². The Bertz CT molecular complexity index is 789. The molecule has 2 aromatic rings. The molecule has 4 nitrogen and oxygen atoms in total. The van der Waals surface area contributed by atoms with Gasteiger partial charge in [0.15, 0.2) is 0 Å². The van der Waals surface area contributed by atoms with Gasteiger partial charge in [-0.2, -0.15) is 0 Å². The van der Waals surface area contributed by atoms with E-state index in [-0.39, 0.29) is 11.3 Å². The first kappa shape index (κ1) is 18.3. The summed E-state index contributed by atoms with van der Waals surface area (Å²) >= 11 is 0. The quantitative estimate of drug-likeness (QED) is 0.818. The van der Waals surface area contributed by atoms with Crippen LogP contribution in [0.4, 0.5) is 11.4 Å². The number of hydrogen-bond donors (Lipinski definition) is 2. The van der Waals surface area contributed by atoms with E-state index < -0.39 is 0 Å². The van der Waals surface area contributed by atoms with Crippen LogP contribution in [0.15, 0.2) is 36.4 Å². The zero-order valence-corrected chi connectivity index (χ0v) is 16.1. The van der Waals surface area contributed by atoms with E-state index in [2.05, 4.69) is 43.5 Å². The molecule has 1 aliphatic rings. The van der Waals surface area contributed by atoms with Gasteiger partial charge in [-0.1, -0.05) is 32.9 Å². The lowest BCUT2D eigenvalue weighted by Gasteiger charge is -2.19. The van der Waals surface area contributed by atoms with Crippen molar-refractivity contribution in [2.75, 3.05) is 24.3 Å². The van der Waals surface area contributed by atoms with Gasteiger partial charge in [0.2, 0.25) is 0 Å². The Balaban J connectivity index is 1.84. The minimum atomic E-state index is -0.141. The number of nitrogens with one attached hydrogen (secondary N) is 2. The molecule has 2 aromatic carbocycles. The molecule has 1 aliphatic heterocycles. The third-order valence-electron chi connectivity index (χ3n) is 4.87. The Morgan fingerprint density at radius 1 is 1.12 bits per heavy atom. The van der Waals surface area contributed by atoms with E-state index in [1.807, 2.05) is 24.3 Å². The van der Waals surface area contributed by atoms with Crippen molar-refractivity contribution in [2.45, 2.75) is 45.4 Å². The molecule has 0 spiro atoms. The highest BCUT2D eigenvalue weighted by Crippen LogP contribution is 2.31. The maximum atomic E-state index is 12.8. The number of ether oxygens (including phenoxy) is 1. The predicted octanol–water partition coefficient (Wildman–Crippen LogP) is 4.99. The minimum Gasteiger partial charge on any atom is -0.496 e. The highest BCUT2D eigenvalue weighted by atomic mass is 16.5. The van der Waals surface area contributed by atoms with E-state index in [1.165, 1.54) is 11.1 Å². The zero-order valence-electron chi connectivity index (χ0n) is 16.1. The van der Waals surface area contributed by atoms with E-state index in [1.54, 1.807) is 7.11 Å². The molecule has 138 valence electrons. The summed E-state index contributed by atoms with van der Waals surface area (Å²) in [5.41, 5.74) is 4.95. The second-order valence-electron chi connectivity index (χ2n) is 7.87. The van der Waals surface area contributed by atoms with Gasteiger partial charge in [0.25, 0.3) is 5.91 Å². The summed E-state index contributed by atoms with van der Waals surface area (Å²) in [7, 11) is 1.60. The fourth-order valence-corrected chi connectivity index (χ4v) is 3.26. The standard InChI is InChI=1S/C22H28N2O2/c1-22(2,3)16-8-10-17(11-9-16)24-21(25)18-13-15-7-5-6-12-23-19(15)14-20(18)26-4/h8-11,13-14,23H,5-7,12H2,1-4H3,(H,24,25). The minimum absolute atomic E-state index is 0.0930. The first-order valence-corrected chi connectivity index (χ1v) is 9.25. The van der Waals surface area contributed by atoms with E-state index >= 15 is 0 Å². The number of amides is 1. The molecule has 0 atom stereocenters. The Hall–Kier alpha value is -2.49. The van der Waals surface area contributed by atoms with Gasteiger partial charge in [-0.15, -0.1) is 0 Å². The van der Waals surface area contributed by atoms with Crippen LogP contribution in [0, 0.1) is 0 Å². The maximum absolute atomic E-state index is 12.8. The first-order valence-electron chi connectivity index (χ1n) is 9.25. The summed E-state index contributed by atoms with van der Waals surface area (Å²) in [4.78, 5) is 12.8. The smallest absolute Gasteiger partial charge is 0.259 e. The van der Waals surface area contributed by atoms with Crippen LogP contribution in [-0.4, -0.2) is 19.6 Å². The monoisotopic (exact) mass is 352 g/mol. The van der Waals surface area contributed by atoms with Gasteiger partial charge in [0, 0.05) is 24.0 Å². The zero-order chi connectivity index (χ0) is 18.7. The molecule has 0 bridgehead atoms. The molecule has 0 unspecified atom stereocenters. The lowest BCUT2D eigenvalue weighted by Crippen LogP contribution is -2.15. The van der Waals surface area contributed by atoms with Gasteiger partial charge < -0.3 is 15.4 Å². The highest BCUT2D eigenvalue weighted by molar-refractivity contribution is 6.06. The molecular weight excluding hydrogens is 324 g/mol. The van der Waals surface area contributed by atoms with E-state index in [4.69, 9.17) is 4.74 Å². The summed E-state index contributed by atoms with van der Waals surface area (Å²) in [6, 6.07) is 11.9. The van der Waals surface area contributed by atoms with E-state index in [0.29, 0.717) is 11.3 Å². The van der Waals surface area contributed by atoms with Crippen LogP contribution in [0.3, 0.4) is 0 Å². The summed E-state index contributed by atoms with van der Waals surface area (Å²) < 4.78 is 5.47. The second-order valence-corrected chi connectivity index (χ2v) is 7.87. The number of fused-ring (bicyclic) bond motifs is 1. The molecule has 0 radical (unpaired) electrons. The normalized spacial score (nSPS) is 14.0. The molecular formula is C22H28N2O2. The fourth-order valence-electron chi connectivity index (χ4n) is 3.26. The van der Waals surface area contributed by atoms with Crippen molar-refractivity contribution in [2.24, 2.45) is 0 Å². The number of hydrogen-bond acceptors (Lipinski definition) is 3. The van der Waals surface area contributed by atoms with Gasteiger partial charge >= 0.3 is 0 Å². The first-order chi connectivity index (χ1) is 12.4. The molecule has 1 heterocycles. The van der Waals surface area contributed by atoms with E-state index in [0.717, 1.165) is 37.2 Å². The number of aryl methyl sites for hydroxylation is 1. The third-order valence-corrected chi connectivity index (χ3v) is 4.87. The Morgan fingerprint density at radius 3 is 2.50 bits per heavy atom. The van der Waals surface area contributed by atoms with Crippen LogP contribution in [-0.2, 0) is 11.8 Å². The van der Waals surface area contributed by atoms with Gasteiger partial charge in [-0.25, -0.2) is 0 Å². The fraction of sp³-hybridized carbons (Fsp3) is 0.409. The van der Waals surface area contributed by atoms with E-state index in [9.17, 15) is 4.79 Å². The van der Waals surface area contributed by atoms with Crippen LogP contribution in [0.2, 0.25) is 0 Å². The van der Waals surface area contributed by atoms with Crippen LogP contribution in [0.25, 0.3) is 0 Å². The third kappa shape index (κ3) is 4.01. The van der Waals surface area contributed by atoms with Crippen molar-refractivity contribution in [1.82, 2.24) is 0 Å². The topological polar surface area (TPSA) is 50.4 Å². The molecule has 0 aromatic heterocycles. The number of carbonyl (C=O) groups excluding carboxylic acids is 1. The van der Waals surface area contributed by atoms with Crippen LogP contribution in [0.1, 0.15) is 55.1 Å². The van der Waals surface area contributed by atoms with Crippen LogP contribution >= 0.6 is 0 Å². The van der Waals surface area contributed by atoms with Crippen molar-refractivity contribution < 1.29 is 9.53 Å². The lowest BCUT2D eigenvalue weighted by atomic mass is 9.87. The van der Waals surface area contributed by atoms with Gasteiger partial charge in [-0.05, 0) is 54.0 Å². The summed E-state index contributed by atoms with van der Waals surface area (Å²) in [6.07, 6.45) is 3.24. The number of benzene rings is 2. The van der Waals surface area contributed by atoms with Gasteiger partial charge in [-0.3, -0.25) is 4.79 Å². The molecule has 0 aliphatic carbocycles. The molecule has 2 N–H and O–H groups in total. The highest BCUT2D eigenvalue weighted by Gasteiger charge is 2.18. The molecule has 4 heteroatoms. The molecule has 0 saturated heterocycles. The van der Waals surface area contributed by atoms with Crippen molar-refractivity contribution in [1.29, 1.82) is 0 Å². The molecule has 1 amide bonds. The summed E-state index contributed by atoms with van der Waals surface area (Å²) in [6.45, 7) is 7.49. The van der Waals surface area contributed by atoms with Crippen molar-refractivity contribution in [3.63, 3.8) is 0 Å². The number of rotatable bonds is 3. The van der Waals surface area contributed by atoms with Crippen molar-refractivity contribution in [3.8, 4) is 5.75 Å². The Labute approximate surface area is 156 Å². The number of carbonyl (C=O) groups is 1. The Kier molecular flexibility index (Phi) is 5.21. The predicted molar refractivity (Wildman–Crippen MR) is 108 cm³/mol. The largest absolute Gasteiger partial charge is 0.496 e. The maximum Gasteiger partial charge on any atom is 0.259 e. The number of methoxy groups -OCH3 is 1. The SMILES string of the molecule is COc1cc2c(cc1C(=O)Nc1ccc(C(C)(C)C)cc1)CCCCN2. The molecule has 0 saturated carbocycles. The van der Waals surface area contributed by atoms with Crippen LogP contribution < -0.4 is 15.4 Å².